The second-order valence-electron chi connectivity index (χ2n) is 7.64. The van der Waals surface area contributed by atoms with Crippen LogP contribution >= 0.6 is 0 Å². The molecule has 1 aromatic carbocycles. The lowest BCUT2D eigenvalue weighted by atomic mass is 9.97. The van der Waals surface area contributed by atoms with Crippen molar-refractivity contribution in [2.75, 3.05) is 22.9 Å². The van der Waals surface area contributed by atoms with E-state index in [1.54, 1.807) is 36.4 Å². The van der Waals surface area contributed by atoms with E-state index >= 15 is 0 Å². The maximum absolute atomic E-state index is 12.3. The highest BCUT2D eigenvalue weighted by Crippen LogP contribution is 2.22. The van der Waals surface area contributed by atoms with Crippen LogP contribution in [0.2, 0.25) is 0 Å². The number of hydrogen-bond donors (Lipinski definition) is 3. The number of likely N-dealkylation sites (tertiary alicyclic amines) is 1. The number of pyridine rings is 1. The van der Waals surface area contributed by atoms with E-state index in [0.29, 0.717) is 35.6 Å². The van der Waals surface area contributed by atoms with Crippen LogP contribution in [0.25, 0.3) is 0 Å². The SMILES string of the molecule is CC1CCCC(C)N1CCC(=O)Nc1ccc(C(=O)Nc2ccccc2N)nc1. The van der Waals surface area contributed by atoms with Gasteiger partial charge in [-0.3, -0.25) is 14.5 Å². The Hall–Kier alpha value is -2.93. The Labute approximate surface area is 171 Å². The lowest BCUT2D eigenvalue weighted by Gasteiger charge is -2.38. The van der Waals surface area contributed by atoms with Gasteiger partial charge in [-0.1, -0.05) is 18.6 Å². The van der Waals surface area contributed by atoms with E-state index in [4.69, 9.17) is 5.73 Å². The van der Waals surface area contributed by atoms with E-state index in [9.17, 15) is 9.59 Å². The quantitative estimate of drug-likeness (QED) is 0.650. The molecule has 1 aliphatic heterocycles. The van der Waals surface area contributed by atoms with Crippen LogP contribution in [0.1, 0.15) is 50.0 Å². The second kappa shape index (κ2) is 9.52. The Balaban J connectivity index is 1.51. The van der Waals surface area contributed by atoms with Crippen LogP contribution in [-0.4, -0.2) is 40.3 Å². The molecule has 0 spiro atoms. The highest BCUT2D eigenvalue weighted by molar-refractivity contribution is 6.04. The summed E-state index contributed by atoms with van der Waals surface area (Å²) in [6.07, 6.45) is 5.56. The molecule has 0 saturated carbocycles. The predicted octanol–water partition coefficient (Wildman–Crippen LogP) is 3.51. The fourth-order valence-electron chi connectivity index (χ4n) is 3.77. The summed E-state index contributed by atoms with van der Waals surface area (Å²) in [7, 11) is 0. The third-order valence-electron chi connectivity index (χ3n) is 5.46. The van der Waals surface area contributed by atoms with Gasteiger partial charge in [-0.15, -0.1) is 0 Å². The first-order chi connectivity index (χ1) is 13.9. The monoisotopic (exact) mass is 395 g/mol. The molecule has 2 amide bonds. The number of nitrogens with one attached hydrogen (secondary N) is 2. The zero-order valence-corrected chi connectivity index (χ0v) is 17.0. The van der Waals surface area contributed by atoms with Gasteiger partial charge in [0.25, 0.3) is 5.91 Å². The van der Waals surface area contributed by atoms with Gasteiger partial charge in [-0.2, -0.15) is 0 Å². The molecular formula is C22H29N5O2. The number of nitrogens with two attached hydrogens (primary N) is 1. The van der Waals surface area contributed by atoms with Gasteiger partial charge in [0.1, 0.15) is 5.69 Å². The van der Waals surface area contributed by atoms with Crippen LogP contribution < -0.4 is 16.4 Å². The third kappa shape index (κ3) is 5.54. The fourth-order valence-corrected chi connectivity index (χ4v) is 3.77. The Morgan fingerprint density at radius 3 is 2.48 bits per heavy atom. The largest absolute Gasteiger partial charge is 0.397 e. The Morgan fingerprint density at radius 1 is 1.10 bits per heavy atom. The van der Waals surface area contributed by atoms with E-state index in [-0.39, 0.29) is 17.5 Å². The molecule has 1 aliphatic rings. The zero-order valence-electron chi connectivity index (χ0n) is 17.0. The number of carbonyl (C=O) groups excluding carboxylic acids is 2. The summed E-state index contributed by atoms with van der Waals surface area (Å²) < 4.78 is 0. The molecule has 3 rings (SSSR count). The average molecular weight is 396 g/mol. The lowest BCUT2D eigenvalue weighted by Crippen LogP contribution is -2.44. The molecule has 2 atom stereocenters. The molecule has 7 heteroatoms. The minimum Gasteiger partial charge on any atom is -0.397 e. The number of hydrogen-bond acceptors (Lipinski definition) is 5. The van der Waals surface area contributed by atoms with Crippen LogP contribution in [0.15, 0.2) is 42.6 Å². The van der Waals surface area contributed by atoms with Crippen molar-refractivity contribution in [3.8, 4) is 0 Å². The molecule has 2 aromatic rings. The zero-order chi connectivity index (χ0) is 20.8. The number of benzene rings is 1. The first-order valence-corrected chi connectivity index (χ1v) is 10.1. The number of piperidine rings is 1. The molecule has 4 N–H and O–H groups in total. The number of anilines is 3. The third-order valence-corrected chi connectivity index (χ3v) is 5.46. The van der Waals surface area contributed by atoms with Crippen LogP contribution in [0, 0.1) is 0 Å². The van der Waals surface area contributed by atoms with Crippen LogP contribution in [-0.2, 0) is 4.79 Å². The summed E-state index contributed by atoms with van der Waals surface area (Å²) >= 11 is 0. The van der Waals surface area contributed by atoms with Crippen LogP contribution in [0.4, 0.5) is 17.1 Å². The number of nitrogens with zero attached hydrogens (tertiary/aromatic N) is 2. The number of carbonyl (C=O) groups is 2. The van der Waals surface area contributed by atoms with Gasteiger partial charge in [0.05, 0.1) is 23.3 Å². The predicted molar refractivity (Wildman–Crippen MR) is 116 cm³/mol. The van der Waals surface area contributed by atoms with Crippen molar-refractivity contribution in [3.63, 3.8) is 0 Å². The van der Waals surface area contributed by atoms with Gasteiger partial charge in [0, 0.05) is 25.0 Å². The van der Waals surface area contributed by atoms with Gasteiger partial charge >= 0.3 is 0 Å². The van der Waals surface area contributed by atoms with Gasteiger partial charge in [-0.05, 0) is 51.0 Å². The molecule has 0 aliphatic carbocycles. The molecule has 29 heavy (non-hydrogen) atoms. The molecule has 154 valence electrons. The van der Waals surface area contributed by atoms with E-state index < -0.39 is 0 Å². The molecule has 7 nitrogen and oxygen atoms in total. The summed E-state index contributed by atoms with van der Waals surface area (Å²) in [4.78, 5) is 31.2. The smallest absolute Gasteiger partial charge is 0.274 e. The molecule has 0 bridgehead atoms. The van der Waals surface area contributed by atoms with Crippen LogP contribution in [0.5, 0.6) is 0 Å². The normalized spacial score (nSPS) is 19.5. The molecule has 1 fully saturated rings. The van der Waals surface area contributed by atoms with Crippen molar-refractivity contribution in [1.29, 1.82) is 0 Å². The van der Waals surface area contributed by atoms with Gasteiger partial charge in [-0.25, -0.2) is 4.98 Å². The highest BCUT2D eigenvalue weighted by atomic mass is 16.2. The summed E-state index contributed by atoms with van der Waals surface area (Å²) in [6, 6.07) is 11.3. The van der Waals surface area contributed by atoms with Crippen molar-refractivity contribution in [2.45, 2.75) is 51.6 Å². The van der Waals surface area contributed by atoms with Crippen LogP contribution in [0.3, 0.4) is 0 Å². The molecule has 0 radical (unpaired) electrons. The summed E-state index contributed by atoms with van der Waals surface area (Å²) in [6.45, 7) is 5.20. The van der Waals surface area contributed by atoms with Gasteiger partial charge < -0.3 is 16.4 Å². The average Bonchev–Trinajstić information content (AvgIpc) is 2.70. The molecule has 2 heterocycles. The van der Waals surface area contributed by atoms with Gasteiger partial charge in [0.15, 0.2) is 0 Å². The number of nitrogen functional groups attached to an aromatic ring is 1. The number of rotatable bonds is 6. The van der Waals surface area contributed by atoms with Crippen molar-refractivity contribution in [3.05, 3.63) is 48.3 Å². The molecule has 2 unspecified atom stereocenters. The van der Waals surface area contributed by atoms with E-state index in [2.05, 4.69) is 34.4 Å². The topological polar surface area (TPSA) is 100 Å². The minimum atomic E-state index is -0.353. The number of aromatic nitrogens is 1. The summed E-state index contributed by atoms with van der Waals surface area (Å²) in [5.41, 5.74) is 7.69. The van der Waals surface area contributed by atoms with Crippen molar-refractivity contribution in [2.24, 2.45) is 0 Å². The second-order valence-corrected chi connectivity index (χ2v) is 7.64. The van der Waals surface area contributed by atoms with E-state index in [1.165, 1.54) is 25.5 Å². The lowest BCUT2D eigenvalue weighted by molar-refractivity contribution is -0.116. The number of amides is 2. The van der Waals surface area contributed by atoms with E-state index in [1.807, 2.05) is 0 Å². The van der Waals surface area contributed by atoms with Gasteiger partial charge in [0.2, 0.25) is 5.91 Å². The maximum Gasteiger partial charge on any atom is 0.274 e. The Morgan fingerprint density at radius 2 is 1.83 bits per heavy atom. The highest BCUT2D eigenvalue weighted by Gasteiger charge is 2.24. The first-order valence-electron chi connectivity index (χ1n) is 10.1. The summed E-state index contributed by atoms with van der Waals surface area (Å²) in [5.74, 6) is -0.403. The molecule has 1 aromatic heterocycles. The molecular weight excluding hydrogens is 366 g/mol. The van der Waals surface area contributed by atoms with Crippen molar-refractivity contribution < 1.29 is 9.59 Å². The van der Waals surface area contributed by atoms with Crippen molar-refractivity contribution in [1.82, 2.24) is 9.88 Å². The molecule has 1 saturated heterocycles. The minimum absolute atomic E-state index is 0.0500. The summed E-state index contributed by atoms with van der Waals surface area (Å²) in [5, 5.41) is 5.59. The Bertz CT molecular complexity index is 843. The van der Waals surface area contributed by atoms with E-state index in [0.717, 1.165) is 6.54 Å². The standard InChI is InChI=1S/C22H29N5O2/c1-15-6-5-7-16(2)27(15)13-12-21(28)25-17-10-11-20(24-14-17)22(29)26-19-9-4-3-8-18(19)23/h3-4,8-11,14-16H,5-7,12-13,23H2,1-2H3,(H,25,28)(H,26,29). The maximum atomic E-state index is 12.3. The first kappa shape index (κ1) is 20.8. The fraction of sp³-hybridized carbons (Fsp3) is 0.409. The van der Waals surface area contributed by atoms with Crippen molar-refractivity contribution >= 4 is 28.9 Å². The number of para-hydroxylation sites is 2. The Kier molecular flexibility index (Phi) is 6.82.